The Balaban J connectivity index is 1.87. The van der Waals surface area contributed by atoms with Crippen molar-refractivity contribution in [3.05, 3.63) is 65.3 Å². The number of hydrogen-bond donors (Lipinski definition) is 2. The lowest BCUT2D eigenvalue weighted by atomic mass is 10.1. The second kappa shape index (κ2) is 7.70. The summed E-state index contributed by atoms with van der Waals surface area (Å²) in [6, 6.07) is 15.4. The van der Waals surface area contributed by atoms with E-state index in [9.17, 15) is 0 Å². The van der Waals surface area contributed by atoms with E-state index >= 15 is 0 Å². The number of nitrogens with one attached hydrogen (secondary N) is 2. The van der Waals surface area contributed by atoms with E-state index < -0.39 is 0 Å². The summed E-state index contributed by atoms with van der Waals surface area (Å²) >= 11 is 5.94. The van der Waals surface area contributed by atoms with Crippen LogP contribution in [0.5, 0.6) is 0 Å². The maximum atomic E-state index is 5.94. The third-order valence-corrected chi connectivity index (χ3v) is 3.78. The molecule has 6 heteroatoms. The highest BCUT2D eigenvalue weighted by Crippen LogP contribution is 2.22. The van der Waals surface area contributed by atoms with E-state index in [4.69, 9.17) is 11.6 Å². The largest absolute Gasteiger partial charge is 0.366 e. The Morgan fingerprint density at radius 3 is 2.38 bits per heavy atom. The van der Waals surface area contributed by atoms with Crippen molar-refractivity contribution < 1.29 is 0 Å². The molecule has 0 spiro atoms. The standard InChI is InChI=1S/C20H22ClN5/c1-20(2,3)26-19-24-17(16-6-4-5-11-22-16)12-18(25-19)23-13-14-7-9-15(21)10-8-14/h4-12H,13H2,1-3H3,(H2,23,24,25,26). The number of benzene rings is 1. The quantitative estimate of drug-likeness (QED) is 0.663. The van der Waals surface area contributed by atoms with E-state index in [1.165, 1.54) is 0 Å². The molecular weight excluding hydrogens is 346 g/mol. The minimum Gasteiger partial charge on any atom is -0.366 e. The molecule has 3 rings (SSSR count). The average molecular weight is 368 g/mol. The van der Waals surface area contributed by atoms with Crippen LogP contribution in [-0.2, 0) is 6.54 Å². The Bertz CT molecular complexity index is 858. The molecule has 3 aromatic rings. The minimum atomic E-state index is -0.143. The molecule has 0 aliphatic heterocycles. The SMILES string of the molecule is CC(C)(C)Nc1nc(NCc2ccc(Cl)cc2)cc(-c2ccccn2)n1. The summed E-state index contributed by atoms with van der Waals surface area (Å²) < 4.78 is 0. The van der Waals surface area contributed by atoms with Crippen LogP contribution in [0.3, 0.4) is 0 Å². The summed E-state index contributed by atoms with van der Waals surface area (Å²) in [4.78, 5) is 13.6. The average Bonchev–Trinajstić information content (AvgIpc) is 2.60. The summed E-state index contributed by atoms with van der Waals surface area (Å²) in [5.41, 5.74) is 2.56. The number of halogens is 1. The maximum Gasteiger partial charge on any atom is 0.225 e. The van der Waals surface area contributed by atoms with Crippen LogP contribution in [0.4, 0.5) is 11.8 Å². The zero-order valence-electron chi connectivity index (χ0n) is 15.1. The van der Waals surface area contributed by atoms with Gasteiger partial charge in [-0.05, 0) is 50.6 Å². The van der Waals surface area contributed by atoms with Gasteiger partial charge in [0.15, 0.2) is 0 Å². The summed E-state index contributed by atoms with van der Waals surface area (Å²) in [5.74, 6) is 1.31. The van der Waals surface area contributed by atoms with Gasteiger partial charge in [0.25, 0.3) is 0 Å². The van der Waals surface area contributed by atoms with E-state index in [-0.39, 0.29) is 5.54 Å². The van der Waals surface area contributed by atoms with E-state index in [0.29, 0.717) is 12.5 Å². The zero-order chi connectivity index (χ0) is 18.6. The van der Waals surface area contributed by atoms with Gasteiger partial charge in [0, 0.05) is 29.4 Å². The van der Waals surface area contributed by atoms with Crippen LogP contribution in [0.1, 0.15) is 26.3 Å². The molecule has 2 aromatic heterocycles. The van der Waals surface area contributed by atoms with E-state index in [1.54, 1.807) is 6.20 Å². The van der Waals surface area contributed by atoms with Crippen molar-refractivity contribution in [1.29, 1.82) is 0 Å². The first-order valence-electron chi connectivity index (χ1n) is 8.46. The van der Waals surface area contributed by atoms with Crippen molar-refractivity contribution in [2.75, 3.05) is 10.6 Å². The lowest BCUT2D eigenvalue weighted by Crippen LogP contribution is -2.27. The van der Waals surface area contributed by atoms with Crippen molar-refractivity contribution in [2.24, 2.45) is 0 Å². The highest BCUT2D eigenvalue weighted by Gasteiger charge is 2.14. The molecule has 5 nitrogen and oxygen atoms in total. The van der Waals surface area contributed by atoms with Gasteiger partial charge in [-0.15, -0.1) is 0 Å². The summed E-state index contributed by atoms with van der Waals surface area (Å²) in [5, 5.41) is 7.41. The third-order valence-electron chi connectivity index (χ3n) is 3.53. The lowest BCUT2D eigenvalue weighted by Gasteiger charge is -2.21. The van der Waals surface area contributed by atoms with Crippen molar-refractivity contribution in [2.45, 2.75) is 32.9 Å². The molecule has 0 unspecified atom stereocenters. The molecule has 0 fully saturated rings. The first-order chi connectivity index (χ1) is 12.4. The smallest absolute Gasteiger partial charge is 0.225 e. The number of anilines is 2. The van der Waals surface area contributed by atoms with Crippen LogP contribution in [0.25, 0.3) is 11.4 Å². The van der Waals surface area contributed by atoms with Gasteiger partial charge in [-0.1, -0.05) is 29.8 Å². The number of rotatable bonds is 5. The normalized spacial score (nSPS) is 11.2. The van der Waals surface area contributed by atoms with Crippen LogP contribution in [0, 0.1) is 0 Å². The highest BCUT2D eigenvalue weighted by molar-refractivity contribution is 6.30. The maximum absolute atomic E-state index is 5.94. The topological polar surface area (TPSA) is 62.7 Å². The van der Waals surface area contributed by atoms with Gasteiger partial charge in [0.2, 0.25) is 5.95 Å². The molecule has 0 saturated carbocycles. The lowest BCUT2D eigenvalue weighted by molar-refractivity contribution is 0.626. The molecule has 1 aromatic carbocycles. The molecule has 0 amide bonds. The van der Waals surface area contributed by atoms with Crippen molar-refractivity contribution in [3.8, 4) is 11.4 Å². The third kappa shape index (κ3) is 5.17. The molecule has 0 aliphatic rings. The van der Waals surface area contributed by atoms with Gasteiger partial charge in [0.05, 0.1) is 11.4 Å². The molecule has 0 radical (unpaired) electrons. The highest BCUT2D eigenvalue weighted by atomic mass is 35.5. The number of aromatic nitrogens is 3. The van der Waals surface area contributed by atoms with E-state index in [0.717, 1.165) is 27.8 Å². The molecule has 2 heterocycles. The first-order valence-corrected chi connectivity index (χ1v) is 8.84. The van der Waals surface area contributed by atoms with Crippen LogP contribution in [0.2, 0.25) is 5.02 Å². The van der Waals surface area contributed by atoms with E-state index in [1.807, 2.05) is 48.5 Å². The Kier molecular flexibility index (Phi) is 5.38. The Morgan fingerprint density at radius 1 is 0.962 bits per heavy atom. The van der Waals surface area contributed by atoms with E-state index in [2.05, 4.69) is 46.4 Å². The fourth-order valence-electron chi connectivity index (χ4n) is 2.37. The first kappa shape index (κ1) is 18.1. The number of nitrogens with zero attached hydrogens (tertiary/aromatic N) is 3. The molecule has 2 N–H and O–H groups in total. The van der Waals surface area contributed by atoms with Gasteiger partial charge in [-0.3, -0.25) is 4.98 Å². The van der Waals surface area contributed by atoms with Gasteiger partial charge in [-0.25, -0.2) is 4.98 Å². The molecule has 134 valence electrons. The van der Waals surface area contributed by atoms with Gasteiger partial charge in [0.1, 0.15) is 5.82 Å². The van der Waals surface area contributed by atoms with Gasteiger partial charge in [-0.2, -0.15) is 4.98 Å². The van der Waals surface area contributed by atoms with Crippen molar-refractivity contribution in [3.63, 3.8) is 0 Å². The molecule has 0 atom stereocenters. The minimum absolute atomic E-state index is 0.143. The second-order valence-corrected chi connectivity index (χ2v) is 7.47. The van der Waals surface area contributed by atoms with Crippen LogP contribution < -0.4 is 10.6 Å². The fraction of sp³-hybridized carbons (Fsp3) is 0.250. The predicted octanol–water partition coefficient (Wildman–Crippen LogP) is 5.01. The predicted molar refractivity (Wildman–Crippen MR) is 107 cm³/mol. The molecule has 0 aliphatic carbocycles. The molecule has 26 heavy (non-hydrogen) atoms. The summed E-state index contributed by atoms with van der Waals surface area (Å²) in [6.45, 7) is 6.87. The van der Waals surface area contributed by atoms with Crippen molar-refractivity contribution in [1.82, 2.24) is 15.0 Å². The van der Waals surface area contributed by atoms with Crippen LogP contribution >= 0.6 is 11.6 Å². The van der Waals surface area contributed by atoms with Gasteiger partial charge >= 0.3 is 0 Å². The zero-order valence-corrected chi connectivity index (χ0v) is 15.9. The second-order valence-electron chi connectivity index (χ2n) is 7.03. The van der Waals surface area contributed by atoms with Crippen LogP contribution in [-0.4, -0.2) is 20.5 Å². The van der Waals surface area contributed by atoms with Gasteiger partial charge < -0.3 is 10.6 Å². The number of pyridine rings is 1. The Morgan fingerprint density at radius 2 is 1.73 bits per heavy atom. The molecule has 0 saturated heterocycles. The fourth-order valence-corrected chi connectivity index (χ4v) is 2.50. The molecule has 0 bridgehead atoms. The Hall–Kier alpha value is -2.66. The summed E-state index contributed by atoms with van der Waals surface area (Å²) in [7, 11) is 0. The van der Waals surface area contributed by atoms with Crippen molar-refractivity contribution >= 4 is 23.4 Å². The molecular formula is C20H22ClN5. The summed E-state index contributed by atoms with van der Waals surface area (Å²) in [6.07, 6.45) is 1.76. The monoisotopic (exact) mass is 367 g/mol. The Labute approximate surface area is 158 Å². The number of hydrogen-bond acceptors (Lipinski definition) is 5. The van der Waals surface area contributed by atoms with Crippen LogP contribution in [0.15, 0.2) is 54.7 Å².